The van der Waals surface area contributed by atoms with Crippen molar-refractivity contribution < 1.29 is 14.3 Å². The van der Waals surface area contributed by atoms with Gasteiger partial charge in [0.15, 0.2) is 5.82 Å². The third-order valence-corrected chi connectivity index (χ3v) is 4.67. The predicted molar refractivity (Wildman–Crippen MR) is 102 cm³/mol. The number of methoxy groups -OCH3 is 1. The number of ketones is 1. The second kappa shape index (κ2) is 7.63. The highest BCUT2D eigenvalue weighted by Crippen LogP contribution is 2.19. The van der Waals surface area contributed by atoms with Gasteiger partial charge in [-0.3, -0.25) is 9.59 Å². The SMILES string of the molecule is COc1nc(CNC(=O)C(=O)c2c[nH]c3ccccc23)nc(N2CCCC2)n1. The van der Waals surface area contributed by atoms with Gasteiger partial charge in [-0.25, -0.2) is 0 Å². The minimum atomic E-state index is -0.716. The Morgan fingerprint density at radius 2 is 1.96 bits per heavy atom. The second-order valence-corrected chi connectivity index (χ2v) is 6.49. The van der Waals surface area contributed by atoms with E-state index in [0.717, 1.165) is 31.4 Å². The molecule has 3 heterocycles. The Morgan fingerprint density at radius 1 is 1.18 bits per heavy atom. The van der Waals surface area contributed by atoms with Crippen LogP contribution in [0.3, 0.4) is 0 Å². The summed E-state index contributed by atoms with van der Waals surface area (Å²) >= 11 is 0. The molecule has 0 spiro atoms. The van der Waals surface area contributed by atoms with Crippen molar-refractivity contribution in [3.05, 3.63) is 41.9 Å². The molecule has 0 unspecified atom stereocenters. The fourth-order valence-corrected chi connectivity index (χ4v) is 3.24. The number of aromatic amines is 1. The monoisotopic (exact) mass is 380 g/mol. The highest BCUT2D eigenvalue weighted by Gasteiger charge is 2.21. The molecule has 2 N–H and O–H groups in total. The zero-order valence-corrected chi connectivity index (χ0v) is 15.4. The topological polar surface area (TPSA) is 113 Å². The highest BCUT2D eigenvalue weighted by molar-refractivity contribution is 6.44. The molecule has 0 atom stereocenters. The van der Waals surface area contributed by atoms with Gasteiger partial charge in [0.25, 0.3) is 11.7 Å². The fraction of sp³-hybridized carbons (Fsp3) is 0.316. The molecule has 0 aliphatic carbocycles. The largest absolute Gasteiger partial charge is 0.467 e. The lowest BCUT2D eigenvalue weighted by molar-refractivity contribution is -0.117. The fourth-order valence-electron chi connectivity index (χ4n) is 3.24. The Hall–Kier alpha value is -3.49. The second-order valence-electron chi connectivity index (χ2n) is 6.49. The molecule has 1 fully saturated rings. The van der Waals surface area contributed by atoms with Crippen molar-refractivity contribution in [3.8, 4) is 6.01 Å². The number of aromatic nitrogens is 4. The number of ether oxygens (including phenoxy) is 1. The molecular weight excluding hydrogens is 360 g/mol. The average molecular weight is 380 g/mol. The van der Waals surface area contributed by atoms with Gasteiger partial charge in [0.2, 0.25) is 5.95 Å². The molecule has 0 saturated carbocycles. The zero-order valence-electron chi connectivity index (χ0n) is 15.4. The molecule has 1 aliphatic heterocycles. The predicted octanol–water partition coefficient (Wildman–Crippen LogP) is 1.46. The van der Waals surface area contributed by atoms with Crippen molar-refractivity contribution in [1.82, 2.24) is 25.3 Å². The van der Waals surface area contributed by atoms with Crippen LogP contribution < -0.4 is 15.0 Å². The highest BCUT2D eigenvalue weighted by atomic mass is 16.5. The Bertz CT molecular complexity index is 1030. The van der Waals surface area contributed by atoms with Gasteiger partial charge in [-0.2, -0.15) is 15.0 Å². The number of carbonyl (C=O) groups is 2. The average Bonchev–Trinajstić information content (AvgIpc) is 3.41. The Labute approximate surface area is 161 Å². The van der Waals surface area contributed by atoms with Crippen LogP contribution in [-0.2, 0) is 11.3 Å². The van der Waals surface area contributed by atoms with E-state index in [2.05, 4.69) is 25.3 Å². The quantitative estimate of drug-likeness (QED) is 0.492. The smallest absolute Gasteiger partial charge is 0.321 e. The van der Waals surface area contributed by atoms with Crippen LogP contribution in [0.15, 0.2) is 30.5 Å². The summed E-state index contributed by atoms with van der Waals surface area (Å²) in [5, 5.41) is 3.30. The number of fused-ring (bicyclic) bond motifs is 1. The van der Waals surface area contributed by atoms with E-state index in [9.17, 15) is 9.59 Å². The summed E-state index contributed by atoms with van der Waals surface area (Å²) in [5.74, 6) is -0.463. The molecule has 3 aromatic rings. The third-order valence-electron chi connectivity index (χ3n) is 4.67. The first-order valence-corrected chi connectivity index (χ1v) is 9.08. The molecule has 2 aromatic heterocycles. The summed E-state index contributed by atoms with van der Waals surface area (Å²) < 4.78 is 5.14. The normalized spacial score (nSPS) is 13.7. The lowest BCUT2D eigenvalue weighted by Crippen LogP contribution is -2.31. The lowest BCUT2D eigenvalue weighted by atomic mass is 10.1. The van der Waals surface area contributed by atoms with E-state index in [1.807, 2.05) is 23.1 Å². The molecule has 9 nitrogen and oxygen atoms in total. The number of hydrogen-bond donors (Lipinski definition) is 2. The van der Waals surface area contributed by atoms with Crippen molar-refractivity contribution >= 4 is 28.5 Å². The molecule has 144 valence electrons. The number of nitrogens with zero attached hydrogens (tertiary/aromatic N) is 4. The van der Waals surface area contributed by atoms with Crippen LogP contribution in [0.25, 0.3) is 10.9 Å². The van der Waals surface area contributed by atoms with Gasteiger partial charge in [0, 0.05) is 30.2 Å². The summed E-state index contributed by atoms with van der Waals surface area (Å²) in [5.41, 5.74) is 1.13. The number of hydrogen-bond acceptors (Lipinski definition) is 7. The van der Waals surface area contributed by atoms with Crippen molar-refractivity contribution in [2.24, 2.45) is 0 Å². The van der Waals surface area contributed by atoms with E-state index in [1.165, 1.54) is 7.11 Å². The maximum Gasteiger partial charge on any atom is 0.321 e. The van der Waals surface area contributed by atoms with Crippen LogP contribution in [0.4, 0.5) is 5.95 Å². The number of nitrogens with one attached hydrogen (secondary N) is 2. The number of Topliss-reactive ketones (excluding diaryl/α,β-unsaturated/α-hetero) is 1. The first-order chi connectivity index (χ1) is 13.7. The molecule has 1 amide bonds. The molecule has 4 rings (SSSR count). The van der Waals surface area contributed by atoms with Gasteiger partial charge in [-0.15, -0.1) is 0 Å². The van der Waals surface area contributed by atoms with Gasteiger partial charge in [-0.05, 0) is 18.9 Å². The van der Waals surface area contributed by atoms with E-state index in [1.54, 1.807) is 12.3 Å². The Balaban J connectivity index is 1.48. The Kier molecular flexibility index (Phi) is 4.88. The number of H-pyrrole nitrogens is 1. The molecular formula is C19H20N6O3. The van der Waals surface area contributed by atoms with E-state index >= 15 is 0 Å². The van der Waals surface area contributed by atoms with Crippen molar-refractivity contribution in [2.75, 3.05) is 25.1 Å². The van der Waals surface area contributed by atoms with Crippen LogP contribution >= 0.6 is 0 Å². The van der Waals surface area contributed by atoms with Crippen LogP contribution in [0.5, 0.6) is 6.01 Å². The van der Waals surface area contributed by atoms with Crippen molar-refractivity contribution in [1.29, 1.82) is 0 Å². The Morgan fingerprint density at radius 3 is 2.75 bits per heavy atom. The molecule has 1 saturated heterocycles. The minimum Gasteiger partial charge on any atom is -0.467 e. The number of amides is 1. The third kappa shape index (κ3) is 3.51. The summed E-state index contributed by atoms with van der Waals surface area (Å²) in [4.78, 5) is 42.8. The van der Waals surface area contributed by atoms with Crippen molar-refractivity contribution in [3.63, 3.8) is 0 Å². The molecule has 9 heteroatoms. The van der Waals surface area contributed by atoms with Gasteiger partial charge in [0.1, 0.15) is 0 Å². The number of benzene rings is 1. The molecule has 0 radical (unpaired) electrons. The minimum absolute atomic E-state index is 0.00660. The van der Waals surface area contributed by atoms with Gasteiger partial charge in [0.05, 0.1) is 19.2 Å². The van der Waals surface area contributed by atoms with E-state index in [4.69, 9.17) is 4.74 Å². The summed E-state index contributed by atoms with van der Waals surface area (Å²) in [6.07, 6.45) is 3.71. The maximum absolute atomic E-state index is 12.5. The van der Waals surface area contributed by atoms with Crippen LogP contribution in [-0.4, -0.2) is 51.8 Å². The lowest BCUT2D eigenvalue weighted by Gasteiger charge is -2.16. The van der Waals surface area contributed by atoms with Crippen LogP contribution in [0.1, 0.15) is 29.0 Å². The van der Waals surface area contributed by atoms with E-state index in [-0.39, 0.29) is 12.6 Å². The first-order valence-electron chi connectivity index (χ1n) is 9.08. The maximum atomic E-state index is 12.5. The summed E-state index contributed by atoms with van der Waals surface area (Å²) in [6.45, 7) is 1.75. The van der Waals surface area contributed by atoms with E-state index < -0.39 is 11.7 Å². The van der Waals surface area contributed by atoms with E-state index in [0.29, 0.717) is 22.7 Å². The first kappa shape index (κ1) is 17.9. The number of rotatable bonds is 6. The number of para-hydroxylation sites is 1. The van der Waals surface area contributed by atoms with Crippen LogP contribution in [0.2, 0.25) is 0 Å². The zero-order chi connectivity index (χ0) is 19.5. The molecule has 1 aromatic carbocycles. The molecule has 0 bridgehead atoms. The summed E-state index contributed by atoms with van der Waals surface area (Å²) in [6, 6.07) is 7.51. The van der Waals surface area contributed by atoms with Gasteiger partial charge >= 0.3 is 6.01 Å². The standard InChI is InChI=1S/C19H20N6O3/c1-28-19-23-15(22-18(24-19)25-8-4-5-9-25)11-21-17(27)16(26)13-10-20-14-7-3-2-6-12(13)14/h2-3,6-7,10,20H,4-5,8-9,11H2,1H3,(H,21,27). The van der Waals surface area contributed by atoms with Gasteiger partial charge in [-0.1, -0.05) is 18.2 Å². The van der Waals surface area contributed by atoms with Gasteiger partial charge < -0.3 is 19.9 Å². The number of anilines is 1. The van der Waals surface area contributed by atoms with Crippen LogP contribution in [0, 0.1) is 0 Å². The molecule has 1 aliphatic rings. The summed E-state index contributed by atoms with van der Waals surface area (Å²) in [7, 11) is 1.48. The van der Waals surface area contributed by atoms with Crippen molar-refractivity contribution in [2.45, 2.75) is 19.4 Å². The number of carbonyl (C=O) groups excluding carboxylic acids is 2. The molecule has 28 heavy (non-hydrogen) atoms.